The predicted octanol–water partition coefficient (Wildman–Crippen LogP) is 5.14. The van der Waals surface area contributed by atoms with Crippen molar-refractivity contribution in [1.29, 1.82) is 5.26 Å². The van der Waals surface area contributed by atoms with Crippen LogP contribution in [0.1, 0.15) is 31.7 Å². The fourth-order valence-electron chi connectivity index (χ4n) is 2.67. The molecular weight excluding hydrogens is 338 g/mol. The van der Waals surface area contributed by atoms with Crippen LogP contribution in [0.3, 0.4) is 0 Å². The first kappa shape index (κ1) is 20.3. The Morgan fingerprint density at radius 1 is 1.07 bits per heavy atom. The van der Waals surface area contributed by atoms with E-state index < -0.39 is 0 Å². The number of ether oxygens (including phenoxy) is 2. The lowest BCUT2D eigenvalue weighted by Crippen LogP contribution is -2.07. The van der Waals surface area contributed by atoms with E-state index in [0.29, 0.717) is 24.7 Å². The molecule has 0 saturated carbocycles. The SMILES string of the molecule is C=CC(=O)OCCC[C@H](C)CCOc1ccc(-c2ccc(C#N)cc2)cc1. The summed E-state index contributed by atoms with van der Waals surface area (Å²) >= 11 is 0. The van der Waals surface area contributed by atoms with E-state index in [2.05, 4.69) is 19.6 Å². The van der Waals surface area contributed by atoms with Gasteiger partial charge in [-0.05, 0) is 60.6 Å². The number of benzene rings is 2. The van der Waals surface area contributed by atoms with E-state index in [0.717, 1.165) is 36.1 Å². The van der Waals surface area contributed by atoms with Crippen molar-refractivity contribution in [2.45, 2.75) is 26.2 Å². The molecule has 0 amide bonds. The van der Waals surface area contributed by atoms with Crippen molar-refractivity contribution in [3.8, 4) is 22.9 Å². The fraction of sp³-hybridized carbons (Fsp3) is 0.304. The molecule has 0 aliphatic rings. The summed E-state index contributed by atoms with van der Waals surface area (Å²) in [4.78, 5) is 11.0. The Balaban J connectivity index is 1.71. The summed E-state index contributed by atoms with van der Waals surface area (Å²) in [6.45, 7) is 6.64. The largest absolute Gasteiger partial charge is 0.494 e. The molecule has 27 heavy (non-hydrogen) atoms. The molecule has 0 radical (unpaired) electrons. The van der Waals surface area contributed by atoms with Gasteiger partial charge in [0.25, 0.3) is 0 Å². The quantitative estimate of drug-likeness (QED) is 0.333. The maximum Gasteiger partial charge on any atom is 0.330 e. The Labute approximate surface area is 161 Å². The van der Waals surface area contributed by atoms with Crippen LogP contribution in [0.2, 0.25) is 0 Å². The Bertz CT molecular complexity index is 773. The smallest absolute Gasteiger partial charge is 0.330 e. The zero-order valence-electron chi connectivity index (χ0n) is 15.7. The average Bonchev–Trinajstić information content (AvgIpc) is 2.71. The topological polar surface area (TPSA) is 59.3 Å². The maximum absolute atomic E-state index is 11.0. The number of hydrogen-bond donors (Lipinski definition) is 0. The summed E-state index contributed by atoms with van der Waals surface area (Å²) in [7, 11) is 0. The molecule has 1 atom stereocenters. The highest BCUT2D eigenvalue weighted by molar-refractivity contribution is 5.81. The average molecular weight is 363 g/mol. The number of carbonyl (C=O) groups excluding carboxylic acids is 1. The van der Waals surface area contributed by atoms with Gasteiger partial charge < -0.3 is 9.47 Å². The number of rotatable bonds is 10. The van der Waals surface area contributed by atoms with Gasteiger partial charge in [-0.15, -0.1) is 0 Å². The van der Waals surface area contributed by atoms with Crippen LogP contribution in [0.5, 0.6) is 5.75 Å². The summed E-state index contributed by atoms with van der Waals surface area (Å²) in [5.41, 5.74) is 2.83. The van der Waals surface area contributed by atoms with Gasteiger partial charge in [-0.1, -0.05) is 37.8 Å². The molecule has 2 aromatic carbocycles. The number of nitrogens with zero attached hydrogens (tertiary/aromatic N) is 1. The summed E-state index contributed by atoms with van der Waals surface area (Å²) in [5, 5.41) is 8.86. The maximum atomic E-state index is 11.0. The summed E-state index contributed by atoms with van der Waals surface area (Å²) in [5.74, 6) is 0.986. The summed E-state index contributed by atoms with van der Waals surface area (Å²) in [6.07, 6.45) is 3.97. The van der Waals surface area contributed by atoms with Gasteiger partial charge >= 0.3 is 5.97 Å². The molecule has 4 nitrogen and oxygen atoms in total. The van der Waals surface area contributed by atoms with Crippen LogP contribution in [-0.4, -0.2) is 19.2 Å². The van der Waals surface area contributed by atoms with Crippen LogP contribution in [-0.2, 0) is 9.53 Å². The van der Waals surface area contributed by atoms with Crippen molar-refractivity contribution in [3.63, 3.8) is 0 Å². The minimum Gasteiger partial charge on any atom is -0.494 e. The third-order valence-corrected chi connectivity index (χ3v) is 4.33. The molecule has 0 heterocycles. The lowest BCUT2D eigenvalue weighted by atomic mass is 10.0. The van der Waals surface area contributed by atoms with Gasteiger partial charge in [0.2, 0.25) is 0 Å². The van der Waals surface area contributed by atoms with Crippen molar-refractivity contribution >= 4 is 5.97 Å². The molecule has 2 aromatic rings. The third-order valence-electron chi connectivity index (χ3n) is 4.33. The van der Waals surface area contributed by atoms with Gasteiger partial charge in [-0.2, -0.15) is 5.26 Å². The van der Waals surface area contributed by atoms with Gasteiger partial charge in [0, 0.05) is 6.08 Å². The highest BCUT2D eigenvalue weighted by atomic mass is 16.5. The second-order valence-corrected chi connectivity index (χ2v) is 6.47. The van der Waals surface area contributed by atoms with E-state index in [-0.39, 0.29) is 5.97 Å². The van der Waals surface area contributed by atoms with E-state index in [1.165, 1.54) is 6.08 Å². The van der Waals surface area contributed by atoms with Crippen LogP contribution in [0.25, 0.3) is 11.1 Å². The minimum atomic E-state index is -0.365. The number of nitriles is 1. The second kappa shape index (κ2) is 10.8. The molecule has 0 spiro atoms. The van der Waals surface area contributed by atoms with Gasteiger partial charge in [0.05, 0.1) is 24.8 Å². The van der Waals surface area contributed by atoms with Crippen molar-refractivity contribution < 1.29 is 14.3 Å². The van der Waals surface area contributed by atoms with Crippen LogP contribution in [0.4, 0.5) is 0 Å². The highest BCUT2D eigenvalue weighted by Gasteiger charge is 2.05. The minimum absolute atomic E-state index is 0.365. The first-order chi connectivity index (χ1) is 13.1. The lowest BCUT2D eigenvalue weighted by molar-refractivity contribution is -0.137. The van der Waals surface area contributed by atoms with E-state index >= 15 is 0 Å². The summed E-state index contributed by atoms with van der Waals surface area (Å²) in [6, 6.07) is 17.6. The molecule has 0 fully saturated rings. The van der Waals surface area contributed by atoms with Crippen LogP contribution >= 0.6 is 0 Å². The zero-order chi connectivity index (χ0) is 19.5. The van der Waals surface area contributed by atoms with E-state index in [4.69, 9.17) is 14.7 Å². The first-order valence-corrected chi connectivity index (χ1v) is 9.15. The van der Waals surface area contributed by atoms with E-state index in [1.54, 1.807) is 0 Å². The van der Waals surface area contributed by atoms with Crippen LogP contribution in [0.15, 0.2) is 61.2 Å². The van der Waals surface area contributed by atoms with Gasteiger partial charge in [-0.3, -0.25) is 0 Å². The molecule has 0 unspecified atom stereocenters. The number of esters is 1. The predicted molar refractivity (Wildman–Crippen MR) is 106 cm³/mol. The van der Waals surface area contributed by atoms with Gasteiger partial charge in [0.1, 0.15) is 5.75 Å². The molecule has 0 bridgehead atoms. The highest BCUT2D eigenvalue weighted by Crippen LogP contribution is 2.23. The fourth-order valence-corrected chi connectivity index (χ4v) is 2.67. The molecule has 140 valence electrons. The molecule has 0 aromatic heterocycles. The Morgan fingerprint density at radius 3 is 2.30 bits per heavy atom. The standard InChI is InChI=1S/C23H25NO3/c1-3-23(25)27-15-4-5-18(2)14-16-26-22-12-10-21(11-13-22)20-8-6-19(17-24)7-9-20/h3,6-13,18H,1,4-5,14-16H2,2H3/t18-/m0/s1. The number of carbonyl (C=O) groups is 1. The Morgan fingerprint density at radius 2 is 1.70 bits per heavy atom. The van der Waals surface area contributed by atoms with Crippen molar-refractivity contribution in [3.05, 3.63) is 66.7 Å². The van der Waals surface area contributed by atoms with E-state index in [9.17, 15) is 4.79 Å². The lowest BCUT2D eigenvalue weighted by Gasteiger charge is -2.12. The van der Waals surface area contributed by atoms with E-state index in [1.807, 2.05) is 48.5 Å². The van der Waals surface area contributed by atoms with Crippen molar-refractivity contribution in [2.24, 2.45) is 5.92 Å². The summed E-state index contributed by atoms with van der Waals surface area (Å²) < 4.78 is 10.8. The Kier molecular flexibility index (Phi) is 8.12. The van der Waals surface area contributed by atoms with Crippen LogP contribution < -0.4 is 4.74 Å². The van der Waals surface area contributed by atoms with Crippen molar-refractivity contribution in [1.82, 2.24) is 0 Å². The third kappa shape index (κ3) is 6.99. The van der Waals surface area contributed by atoms with Gasteiger partial charge in [0.15, 0.2) is 0 Å². The molecule has 0 aliphatic carbocycles. The molecular formula is C23H25NO3. The molecule has 4 heteroatoms. The zero-order valence-corrected chi connectivity index (χ0v) is 15.7. The monoisotopic (exact) mass is 363 g/mol. The Hall–Kier alpha value is -3.06. The normalized spacial score (nSPS) is 11.3. The van der Waals surface area contributed by atoms with Crippen LogP contribution in [0, 0.1) is 17.2 Å². The molecule has 0 saturated heterocycles. The van der Waals surface area contributed by atoms with Crippen molar-refractivity contribution in [2.75, 3.05) is 13.2 Å². The molecule has 0 N–H and O–H groups in total. The van der Waals surface area contributed by atoms with Gasteiger partial charge in [-0.25, -0.2) is 4.79 Å². The molecule has 0 aliphatic heterocycles. The number of hydrogen-bond acceptors (Lipinski definition) is 4. The molecule has 2 rings (SSSR count). The second-order valence-electron chi connectivity index (χ2n) is 6.47. The first-order valence-electron chi connectivity index (χ1n) is 9.15.